The molecule has 3 heterocycles. The van der Waals surface area contributed by atoms with Gasteiger partial charge in [-0.1, -0.05) is 0 Å². The van der Waals surface area contributed by atoms with Crippen molar-refractivity contribution in [1.29, 1.82) is 0 Å². The van der Waals surface area contributed by atoms with Gasteiger partial charge in [-0.3, -0.25) is 4.57 Å². The van der Waals surface area contributed by atoms with Crippen molar-refractivity contribution in [3.05, 3.63) is 6.33 Å². The first kappa shape index (κ1) is 15.0. The summed E-state index contributed by atoms with van der Waals surface area (Å²) in [5.41, 5.74) is 12.1. The first-order valence-electron chi connectivity index (χ1n) is 6.34. The molecule has 1 fully saturated rings. The number of hydrogen-bond donors (Lipinski definition) is 4. The lowest BCUT2D eigenvalue weighted by Gasteiger charge is -2.13. The highest BCUT2D eigenvalue weighted by Crippen LogP contribution is 2.36. The van der Waals surface area contributed by atoms with Crippen molar-refractivity contribution in [1.82, 2.24) is 19.5 Å². The number of aromatic nitrogens is 4. The maximum Gasteiger partial charge on any atom is 0.695 e. The van der Waals surface area contributed by atoms with Crippen LogP contribution in [0.25, 0.3) is 11.2 Å². The first-order valence-corrected chi connectivity index (χ1v) is 7.47. The molecule has 4 atom stereocenters. The second kappa shape index (κ2) is 5.71. The van der Waals surface area contributed by atoms with Crippen LogP contribution in [0.4, 0.5) is 11.8 Å². The molecular formula is C10H14N6O5P+. The van der Waals surface area contributed by atoms with Crippen LogP contribution in [0.2, 0.25) is 0 Å². The molecule has 22 heavy (non-hydrogen) atoms. The smallest absolute Gasteiger partial charge is 0.394 e. The van der Waals surface area contributed by atoms with Crippen LogP contribution in [0.5, 0.6) is 0 Å². The van der Waals surface area contributed by atoms with Crippen LogP contribution in [-0.2, 0) is 13.8 Å². The molecule has 2 unspecified atom stereocenters. The average molecular weight is 329 g/mol. The van der Waals surface area contributed by atoms with Crippen molar-refractivity contribution in [3.8, 4) is 0 Å². The maximum atomic E-state index is 10.8. The Morgan fingerprint density at radius 3 is 2.95 bits per heavy atom. The Morgan fingerprint density at radius 1 is 1.50 bits per heavy atom. The molecule has 0 saturated carbocycles. The third-order valence-electron chi connectivity index (χ3n) is 3.36. The Hall–Kier alpha value is -1.91. The van der Waals surface area contributed by atoms with Crippen LogP contribution in [-0.4, -0.2) is 48.3 Å². The molecule has 1 saturated heterocycles. The molecule has 0 radical (unpaired) electrons. The summed E-state index contributed by atoms with van der Waals surface area (Å²) >= 11 is 0. The summed E-state index contributed by atoms with van der Waals surface area (Å²) in [7, 11) is -2.80. The lowest BCUT2D eigenvalue weighted by molar-refractivity contribution is -0.0394. The van der Waals surface area contributed by atoms with Crippen molar-refractivity contribution >= 4 is 31.2 Å². The fourth-order valence-corrected chi connectivity index (χ4v) is 2.88. The van der Waals surface area contributed by atoms with E-state index in [1.165, 1.54) is 6.33 Å². The number of nitrogens with zero attached hydrogens (tertiary/aromatic N) is 4. The largest absolute Gasteiger partial charge is 0.695 e. The monoisotopic (exact) mass is 329 g/mol. The van der Waals surface area contributed by atoms with Gasteiger partial charge in [-0.05, 0) is 0 Å². The molecule has 0 aromatic carbocycles. The van der Waals surface area contributed by atoms with E-state index in [-0.39, 0.29) is 24.8 Å². The maximum absolute atomic E-state index is 10.8. The lowest BCUT2D eigenvalue weighted by Crippen LogP contribution is -2.25. The second-order valence-electron chi connectivity index (χ2n) is 4.72. The Bertz CT molecular complexity index is 723. The highest BCUT2D eigenvalue weighted by molar-refractivity contribution is 7.32. The van der Waals surface area contributed by atoms with Gasteiger partial charge < -0.3 is 21.3 Å². The van der Waals surface area contributed by atoms with Crippen LogP contribution in [0.15, 0.2) is 6.33 Å². The minimum Gasteiger partial charge on any atom is -0.394 e. The molecule has 2 aromatic heterocycles. The molecular weight excluding hydrogens is 315 g/mol. The molecule has 11 nitrogen and oxygen atoms in total. The van der Waals surface area contributed by atoms with Crippen LogP contribution < -0.4 is 11.5 Å². The highest BCUT2D eigenvalue weighted by atomic mass is 31.1. The Balaban J connectivity index is 1.93. The van der Waals surface area contributed by atoms with E-state index in [0.717, 1.165) is 0 Å². The van der Waals surface area contributed by atoms with Crippen molar-refractivity contribution in [2.24, 2.45) is 0 Å². The van der Waals surface area contributed by atoms with Gasteiger partial charge in [0, 0.05) is 11.0 Å². The summed E-state index contributed by atoms with van der Waals surface area (Å²) in [6.45, 7) is -0.351. The fourth-order valence-electron chi connectivity index (χ4n) is 2.43. The average Bonchev–Trinajstić information content (AvgIpc) is 3.01. The SMILES string of the molecule is Nc1nc(N)c2ncn([C@H]3C[C@@H](O[P+](=O)O)C(CO)O3)c2n1. The number of hydrogen-bond acceptors (Lipinski definition) is 9. The molecule has 1 aliphatic rings. The molecule has 0 amide bonds. The topological polar surface area (TPSA) is 172 Å². The van der Waals surface area contributed by atoms with Crippen LogP contribution in [0.3, 0.4) is 0 Å². The molecule has 12 heteroatoms. The zero-order valence-corrected chi connectivity index (χ0v) is 12.1. The number of nitrogens with two attached hydrogens (primary N) is 2. The summed E-state index contributed by atoms with van der Waals surface area (Å²) < 4.78 is 22.9. The van der Waals surface area contributed by atoms with Gasteiger partial charge in [0.15, 0.2) is 11.5 Å². The lowest BCUT2D eigenvalue weighted by atomic mass is 10.2. The number of aliphatic hydroxyl groups excluding tert-OH is 1. The van der Waals surface area contributed by atoms with E-state index in [4.69, 9.17) is 25.6 Å². The predicted octanol–water partition coefficient (Wildman–Crippen LogP) is -0.695. The minimum atomic E-state index is -2.80. The predicted molar refractivity (Wildman–Crippen MR) is 74.5 cm³/mol. The van der Waals surface area contributed by atoms with Crippen LogP contribution >= 0.6 is 8.25 Å². The van der Waals surface area contributed by atoms with Gasteiger partial charge in [-0.25, -0.2) is 4.98 Å². The fraction of sp³-hybridized carbons (Fsp3) is 0.500. The van der Waals surface area contributed by atoms with Gasteiger partial charge in [-0.15, -0.1) is 9.42 Å². The van der Waals surface area contributed by atoms with E-state index in [2.05, 4.69) is 15.0 Å². The summed E-state index contributed by atoms with van der Waals surface area (Å²) in [6.07, 6.45) is -0.351. The quantitative estimate of drug-likeness (QED) is 0.526. The molecule has 1 aliphatic heterocycles. The third kappa shape index (κ3) is 2.60. The molecule has 0 spiro atoms. The first-order chi connectivity index (χ1) is 10.5. The molecule has 118 valence electrons. The Kier molecular flexibility index (Phi) is 3.89. The molecule has 6 N–H and O–H groups in total. The number of nitrogen functional groups attached to an aromatic ring is 2. The van der Waals surface area contributed by atoms with Gasteiger partial charge in [0.2, 0.25) is 5.95 Å². The van der Waals surface area contributed by atoms with Gasteiger partial charge in [-0.2, -0.15) is 9.97 Å². The summed E-state index contributed by atoms with van der Waals surface area (Å²) in [4.78, 5) is 20.9. The third-order valence-corrected chi connectivity index (χ3v) is 3.81. The van der Waals surface area contributed by atoms with Gasteiger partial charge >= 0.3 is 8.25 Å². The van der Waals surface area contributed by atoms with E-state index in [9.17, 15) is 9.67 Å². The zero-order valence-electron chi connectivity index (χ0n) is 11.2. The van der Waals surface area contributed by atoms with E-state index in [0.29, 0.717) is 11.2 Å². The number of anilines is 2. The molecule has 2 aromatic rings. The van der Waals surface area contributed by atoms with E-state index >= 15 is 0 Å². The van der Waals surface area contributed by atoms with Gasteiger partial charge in [0.1, 0.15) is 24.0 Å². The van der Waals surface area contributed by atoms with E-state index in [1.54, 1.807) is 4.57 Å². The van der Waals surface area contributed by atoms with Gasteiger partial charge in [0.05, 0.1) is 12.9 Å². The van der Waals surface area contributed by atoms with Gasteiger partial charge in [0.25, 0.3) is 0 Å². The Morgan fingerprint density at radius 2 is 2.27 bits per heavy atom. The summed E-state index contributed by atoms with van der Waals surface area (Å²) in [6, 6.07) is 0. The summed E-state index contributed by atoms with van der Waals surface area (Å²) in [5, 5.41) is 9.29. The number of fused-ring (bicyclic) bond motifs is 1. The minimum absolute atomic E-state index is 0.00491. The number of aliphatic hydroxyl groups is 1. The summed E-state index contributed by atoms with van der Waals surface area (Å²) in [5.74, 6) is 0.138. The Labute approximate surface area is 124 Å². The second-order valence-corrected chi connectivity index (χ2v) is 5.41. The number of ether oxygens (including phenoxy) is 1. The molecule has 0 bridgehead atoms. The highest BCUT2D eigenvalue weighted by Gasteiger charge is 2.42. The van der Waals surface area contributed by atoms with Crippen LogP contribution in [0, 0.1) is 0 Å². The van der Waals surface area contributed by atoms with Crippen molar-refractivity contribution < 1.29 is 23.8 Å². The standard InChI is InChI=1S/C10H13N6O5P/c11-8-7-9(15-10(12)14-8)16(3-13-7)6-1-4(21-22(18)19)5(2-17)20-6/h3-6,17H,1-2H2,(H4-,11,12,14,15,18,19)/p+1/t4-,5?,6-/m1/s1. The zero-order chi connectivity index (χ0) is 15.9. The number of imidazole rings is 1. The molecule has 3 rings (SSSR count). The molecule has 0 aliphatic carbocycles. The van der Waals surface area contributed by atoms with Crippen molar-refractivity contribution in [2.45, 2.75) is 24.9 Å². The van der Waals surface area contributed by atoms with Crippen molar-refractivity contribution in [3.63, 3.8) is 0 Å². The number of rotatable bonds is 4. The van der Waals surface area contributed by atoms with Crippen LogP contribution in [0.1, 0.15) is 12.6 Å². The van der Waals surface area contributed by atoms with E-state index in [1.807, 2.05) is 0 Å². The van der Waals surface area contributed by atoms with Crippen molar-refractivity contribution in [2.75, 3.05) is 18.1 Å². The van der Waals surface area contributed by atoms with E-state index < -0.39 is 26.7 Å². The normalized spacial score (nSPS) is 25.7.